The molecule has 0 aliphatic carbocycles. The SMILES string of the molecule is CC(C)(C)c1ccc(N2C(c3ccc(NC=O)cc3)CCC2c2ccc(NC(=O)[C@@H]3CCCN3)cc2)cc1. The van der Waals surface area contributed by atoms with Crippen molar-refractivity contribution in [1.29, 1.82) is 0 Å². The number of hydrogen-bond donors (Lipinski definition) is 3. The second-order valence-corrected chi connectivity index (χ2v) is 11.5. The van der Waals surface area contributed by atoms with Gasteiger partial charge >= 0.3 is 0 Å². The summed E-state index contributed by atoms with van der Waals surface area (Å²) in [5.41, 5.74) is 6.71. The molecule has 2 aliphatic rings. The Hall–Kier alpha value is -3.64. The van der Waals surface area contributed by atoms with Gasteiger partial charge in [0.05, 0.1) is 18.1 Å². The molecule has 6 heteroatoms. The van der Waals surface area contributed by atoms with Gasteiger partial charge in [0.15, 0.2) is 0 Å². The molecule has 0 radical (unpaired) electrons. The minimum Gasteiger partial charge on any atom is -0.357 e. The lowest BCUT2D eigenvalue weighted by molar-refractivity contribution is -0.117. The first kappa shape index (κ1) is 26.0. The lowest BCUT2D eigenvalue weighted by Gasteiger charge is -2.34. The lowest BCUT2D eigenvalue weighted by atomic mass is 9.87. The van der Waals surface area contributed by atoms with Crippen molar-refractivity contribution < 1.29 is 9.59 Å². The largest absolute Gasteiger partial charge is 0.357 e. The van der Waals surface area contributed by atoms with Crippen LogP contribution in [0.2, 0.25) is 0 Å². The Morgan fingerprint density at radius 1 is 0.842 bits per heavy atom. The van der Waals surface area contributed by atoms with Gasteiger partial charge in [-0.3, -0.25) is 9.59 Å². The van der Waals surface area contributed by atoms with E-state index in [-0.39, 0.29) is 29.4 Å². The van der Waals surface area contributed by atoms with Crippen molar-refractivity contribution in [3.8, 4) is 0 Å². The van der Waals surface area contributed by atoms with Crippen LogP contribution >= 0.6 is 0 Å². The molecule has 0 spiro atoms. The first-order valence-corrected chi connectivity index (χ1v) is 13.7. The van der Waals surface area contributed by atoms with Crippen LogP contribution in [0.25, 0.3) is 0 Å². The van der Waals surface area contributed by atoms with Crippen LogP contribution in [0.3, 0.4) is 0 Å². The molecule has 2 amide bonds. The van der Waals surface area contributed by atoms with E-state index >= 15 is 0 Å². The highest BCUT2D eigenvalue weighted by atomic mass is 16.2. The Balaban J connectivity index is 1.42. The van der Waals surface area contributed by atoms with E-state index in [1.54, 1.807) is 0 Å². The van der Waals surface area contributed by atoms with Gasteiger partial charge < -0.3 is 20.9 Å². The second kappa shape index (κ2) is 11.0. The molecule has 2 saturated heterocycles. The zero-order valence-corrected chi connectivity index (χ0v) is 22.5. The molecule has 2 unspecified atom stereocenters. The molecule has 5 rings (SSSR count). The van der Waals surface area contributed by atoms with Gasteiger partial charge in [-0.1, -0.05) is 57.2 Å². The van der Waals surface area contributed by atoms with E-state index in [2.05, 4.69) is 90.2 Å². The Bertz CT molecular complexity index is 1240. The predicted octanol–water partition coefficient (Wildman–Crippen LogP) is 6.33. The monoisotopic (exact) mass is 510 g/mol. The van der Waals surface area contributed by atoms with Crippen LogP contribution in [-0.2, 0) is 15.0 Å². The molecule has 2 aliphatic heterocycles. The summed E-state index contributed by atoms with van der Waals surface area (Å²) in [7, 11) is 0. The van der Waals surface area contributed by atoms with Crippen molar-refractivity contribution in [1.82, 2.24) is 5.32 Å². The first-order chi connectivity index (χ1) is 18.3. The van der Waals surface area contributed by atoms with Gasteiger partial charge in [0, 0.05) is 17.1 Å². The topological polar surface area (TPSA) is 73.5 Å². The van der Waals surface area contributed by atoms with Gasteiger partial charge in [-0.15, -0.1) is 0 Å². The average molecular weight is 511 g/mol. The molecular formula is C32H38N4O2. The highest BCUT2D eigenvalue weighted by Crippen LogP contribution is 2.47. The molecule has 198 valence electrons. The molecule has 0 aromatic heterocycles. The maximum Gasteiger partial charge on any atom is 0.241 e. The molecule has 6 nitrogen and oxygen atoms in total. The van der Waals surface area contributed by atoms with Gasteiger partial charge in [0.1, 0.15) is 0 Å². The van der Waals surface area contributed by atoms with Gasteiger partial charge in [-0.25, -0.2) is 0 Å². The van der Waals surface area contributed by atoms with Gasteiger partial charge in [0.2, 0.25) is 12.3 Å². The summed E-state index contributed by atoms with van der Waals surface area (Å²) in [6, 6.07) is 25.8. The number of nitrogens with zero attached hydrogens (tertiary/aromatic N) is 1. The van der Waals surface area contributed by atoms with Crippen molar-refractivity contribution in [2.24, 2.45) is 0 Å². The Labute approximate surface area is 225 Å². The number of rotatable bonds is 7. The molecule has 0 saturated carbocycles. The molecular weight excluding hydrogens is 472 g/mol. The van der Waals surface area contributed by atoms with E-state index in [0.717, 1.165) is 43.6 Å². The highest BCUT2D eigenvalue weighted by molar-refractivity contribution is 5.95. The lowest BCUT2D eigenvalue weighted by Crippen LogP contribution is -2.35. The minimum atomic E-state index is -0.0926. The van der Waals surface area contributed by atoms with Crippen molar-refractivity contribution >= 4 is 29.4 Å². The fourth-order valence-corrected chi connectivity index (χ4v) is 5.75. The predicted molar refractivity (Wildman–Crippen MR) is 155 cm³/mol. The van der Waals surface area contributed by atoms with E-state index < -0.39 is 0 Å². The van der Waals surface area contributed by atoms with Crippen LogP contribution in [0.15, 0.2) is 72.8 Å². The number of carbonyl (C=O) groups excluding carboxylic acids is 2. The fourth-order valence-electron chi connectivity index (χ4n) is 5.75. The summed E-state index contributed by atoms with van der Waals surface area (Å²) in [6.45, 7) is 7.62. The van der Waals surface area contributed by atoms with Gasteiger partial charge in [0.25, 0.3) is 0 Å². The summed E-state index contributed by atoms with van der Waals surface area (Å²) in [4.78, 5) is 25.9. The normalized spacial score (nSPS) is 21.3. The van der Waals surface area contributed by atoms with Crippen LogP contribution < -0.4 is 20.9 Å². The zero-order valence-electron chi connectivity index (χ0n) is 22.5. The second-order valence-electron chi connectivity index (χ2n) is 11.5. The van der Waals surface area contributed by atoms with Crippen LogP contribution in [0.4, 0.5) is 17.1 Å². The Morgan fingerprint density at radius 3 is 1.92 bits per heavy atom. The summed E-state index contributed by atoms with van der Waals surface area (Å²) in [6.07, 6.45) is 4.70. The van der Waals surface area contributed by atoms with Crippen LogP contribution in [0.5, 0.6) is 0 Å². The number of amides is 2. The fraction of sp³-hybridized carbons (Fsp3) is 0.375. The smallest absolute Gasteiger partial charge is 0.241 e. The third kappa shape index (κ3) is 5.60. The molecule has 2 heterocycles. The van der Waals surface area contributed by atoms with E-state index in [1.165, 1.54) is 22.4 Å². The van der Waals surface area contributed by atoms with E-state index in [9.17, 15) is 9.59 Å². The summed E-state index contributed by atoms with van der Waals surface area (Å²) in [5, 5.41) is 9.06. The molecule has 0 bridgehead atoms. The van der Waals surface area contributed by atoms with Crippen molar-refractivity contribution in [2.45, 2.75) is 70.0 Å². The van der Waals surface area contributed by atoms with Crippen LogP contribution in [0, 0.1) is 0 Å². The number of hydrogen-bond acceptors (Lipinski definition) is 4. The molecule has 3 aromatic rings. The third-order valence-corrected chi connectivity index (χ3v) is 7.88. The average Bonchev–Trinajstić information content (AvgIpc) is 3.61. The Morgan fingerprint density at radius 2 is 1.42 bits per heavy atom. The standard InChI is InChI=1S/C32H38N4O2/c1-32(2,3)24-10-16-27(17-11-24)36-29(22-6-12-25(13-7-22)34-21-37)18-19-30(36)23-8-14-26(15-9-23)35-31(38)28-5-4-20-33-28/h6-17,21,28-30,33H,4-5,18-20H2,1-3H3,(H,34,37)(H,35,38)/t28-,29?,30?/m0/s1. The molecule has 2 fully saturated rings. The number of nitrogens with one attached hydrogen (secondary N) is 3. The summed E-state index contributed by atoms with van der Waals surface area (Å²) < 4.78 is 0. The zero-order chi connectivity index (χ0) is 26.7. The third-order valence-electron chi connectivity index (χ3n) is 7.88. The van der Waals surface area contributed by atoms with Crippen molar-refractivity contribution in [3.05, 3.63) is 89.5 Å². The quantitative estimate of drug-likeness (QED) is 0.325. The van der Waals surface area contributed by atoms with Crippen LogP contribution in [-0.4, -0.2) is 24.9 Å². The van der Waals surface area contributed by atoms with Crippen molar-refractivity contribution in [3.63, 3.8) is 0 Å². The minimum absolute atomic E-state index is 0.0456. The number of carbonyl (C=O) groups is 2. The van der Waals surface area contributed by atoms with E-state index in [0.29, 0.717) is 6.41 Å². The van der Waals surface area contributed by atoms with Crippen LogP contribution in [0.1, 0.15) is 75.2 Å². The van der Waals surface area contributed by atoms with E-state index in [1.807, 2.05) is 24.3 Å². The number of anilines is 3. The molecule has 3 N–H and O–H groups in total. The summed E-state index contributed by atoms with van der Waals surface area (Å²) >= 11 is 0. The first-order valence-electron chi connectivity index (χ1n) is 13.7. The van der Waals surface area contributed by atoms with Gasteiger partial charge in [-0.05, 0) is 90.7 Å². The van der Waals surface area contributed by atoms with Gasteiger partial charge in [-0.2, -0.15) is 0 Å². The Kier molecular flexibility index (Phi) is 7.52. The van der Waals surface area contributed by atoms with Crippen molar-refractivity contribution in [2.75, 3.05) is 22.1 Å². The molecule has 38 heavy (non-hydrogen) atoms. The maximum absolute atomic E-state index is 12.6. The summed E-state index contributed by atoms with van der Waals surface area (Å²) in [5.74, 6) is 0.0456. The molecule has 3 atom stereocenters. The number of benzene rings is 3. The van der Waals surface area contributed by atoms with E-state index in [4.69, 9.17) is 0 Å². The maximum atomic E-state index is 12.6. The highest BCUT2D eigenvalue weighted by Gasteiger charge is 2.35. The molecule has 3 aromatic carbocycles.